The van der Waals surface area contributed by atoms with Gasteiger partial charge in [0.2, 0.25) is 11.8 Å². The first-order valence-corrected chi connectivity index (χ1v) is 6.99. The van der Waals surface area contributed by atoms with E-state index in [1.807, 2.05) is 4.90 Å². The molecule has 5 nitrogen and oxygen atoms in total. The highest BCUT2D eigenvalue weighted by Gasteiger charge is 2.37. The van der Waals surface area contributed by atoms with Crippen molar-refractivity contribution in [3.8, 4) is 0 Å². The van der Waals surface area contributed by atoms with Crippen molar-refractivity contribution in [1.82, 2.24) is 9.96 Å². The molecule has 0 unspecified atom stereocenters. The van der Waals surface area contributed by atoms with E-state index in [9.17, 15) is 9.59 Å². The summed E-state index contributed by atoms with van der Waals surface area (Å²) in [6.07, 6.45) is 4.62. The Morgan fingerprint density at radius 3 is 2.11 bits per heavy atom. The molecule has 2 saturated heterocycles. The summed E-state index contributed by atoms with van der Waals surface area (Å²) >= 11 is 0. The molecular weight excluding hydrogens is 232 g/mol. The molecule has 2 heterocycles. The molecule has 0 aromatic rings. The highest BCUT2D eigenvalue weighted by molar-refractivity contribution is 5.82. The van der Waals surface area contributed by atoms with Crippen molar-refractivity contribution >= 4 is 11.8 Å². The molecule has 2 aliphatic heterocycles. The molecule has 0 bridgehead atoms. The van der Waals surface area contributed by atoms with Gasteiger partial charge in [0, 0.05) is 24.9 Å². The minimum absolute atomic E-state index is 0.0475. The third-order valence-corrected chi connectivity index (χ3v) is 4.08. The molecule has 1 saturated carbocycles. The molecule has 0 N–H and O–H groups in total. The van der Waals surface area contributed by atoms with E-state index >= 15 is 0 Å². The number of piperidine rings is 1. The van der Waals surface area contributed by atoms with E-state index in [0.717, 1.165) is 51.7 Å². The Morgan fingerprint density at radius 2 is 1.56 bits per heavy atom. The monoisotopic (exact) mass is 252 g/mol. The van der Waals surface area contributed by atoms with Crippen LogP contribution in [0.1, 0.15) is 32.1 Å². The number of amides is 2. The summed E-state index contributed by atoms with van der Waals surface area (Å²) in [4.78, 5) is 31.3. The molecule has 100 valence electrons. The van der Waals surface area contributed by atoms with Gasteiger partial charge in [0.25, 0.3) is 0 Å². The normalized spacial score (nSPS) is 25.6. The Kier molecular flexibility index (Phi) is 3.24. The van der Waals surface area contributed by atoms with Gasteiger partial charge in [0.15, 0.2) is 0 Å². The van der Waals surface area contributed by atoms with Crippen LogP contribution in [0.15, 0.2) is 0 Å². The van der Waals surface area contributed by atoms with Crippen LogP contribution >= 0.6 is 0 Å². The Labute approximate surface area is 107 Å². The third-order valence-electron chi connectivity index (χ3n) is 4.08. The zero-order valence-corrected chi connectivity index (χ0v) is 10.6. The second-order valence-electron chi connectivity index (χ2n) is 5.50. The van der Waals surface area contributed by atoms with Crippen molar-refractivity contribution in [2.24, 2.45) is 11.8 Å². The zero-order valence-electron chi connectivity index (χ0n) is 10.6. The summed E-state index contributed by atoms with van der Waals surface area (Å²) in [7, 11) is 0. The van der Waals surface area contributed by atoms with Crippen molar-refractivity contribution < 1.29 is 14.4 Å². The lowest BCUT2D eigenvalue weighted by atomic mass is 9.95. The van der Waals surface area contributed by atoms with Gasteiger partial charge >= 0.3 is 0 Å². The first-order valence-electron chi connectivity index (χ1n) is 6.99. The second-order valence-corrected chi connectivity index (χ2v) is 5.50. The fraction of sp³-hybridized carbons (Fsp3) is 0.846. The third kappa shape index (κ3) is 2.36. The van der Waals surface area contributed by atoms with Crippen LogP contribution in [0.25, 0.3) is 0 Å². The van der Waals surface area contributed by atoms with Gasteiger partial charge in [-0.2, -0.15) is 0 Å². The molecule has 5 heteroatoms. The Bertz CT molecular complexity index is 340. The van der Waals surface area contributed by atoms with Crippen LogP contribution in [0, 0.1) is 11.8 Å². The molecule has 1 aliphatic carbocycles. The first kappa shape index (κ1) is 12.0. The van der Waals surface area contributed by atoms with E-state index < -0.39 is 0 Å². The number of hydrogen-bond acceptors (Lipinski definition) is 3. The van der Waals surface area contributed by atoms with E-state index in [1.54, 1.807) is 0 Å². The largest absolute Gasteiger partial charge is 0.342 e. The van der Waals surface area contributed by atoms with Gasteiger partial charge in [-0.05, 0) is 32.1 Å². The molecule has 0 aromatic heterocycles. The van der Waals surface area contributed by atoms with Crippen LogP contribution in [-0.2, 0) is 14.4 Å². The van der Waals surface area contributed by atoms with Crippen LogP contribution in [0.5, 0.6) is 0 Å². The van der Waals surface area contributed by atoms with Crippen LogP contribution in [-0.4, -0.2) is 48.0 Å². The molecule has 0 atom stereocenters. The molecule has 18 heavy (non-hydrogen) atoms. The summed E-state index contributed by atoms with van der Waals surface area (Å²) in [5.74, 6) is 0.759. The van der Waals surface area contributed by atoms with Crippen molar-refractivity contribution in [3.05, 3.63) is 0 Å². The van der Waals surface area contributed by atoms with E-state index in [4.69, 9.17) is 4.84 Å². The lowest BCUT2D eigenvalue weighted by molar-refractivity contribution is -0.175. The maximum atomic E-state index is 12.1. The molecule has 0 radical (unpaired) electrons. The Morgan fingerprint density at radius 1 is 0.889 bits per heavy atom. The quantitative estimate of drug-likeness (QED) is 0.730. The lowest BCUT2D eigenvalue weighted by Gasteiger charge is -2.32. The number of rotatable bonds is 2. The van der Waals surface area contributed by atoms with Gasteiger partial charge in [-0.15, -0.1) is 0 Å². The standard InChI is InChI=1S/C13H20N2O3/c16-12(10-2-3-10)14-7-4-11(5-8-14)13(17)15-6-1-9-18-15/h10-11H,1-9H2. The Hall–Kier alpha value is -1.10. The number of carbonyl (C=O) groups is 2. The summed E-state index contributed by atoms with van der Waals surface area (Å²) in [6, 6.07) is 0. The fourth-order valence-electron chi connectivity index (χ4n) is 2.76. The number of hydroxylamine groups is 2. The van der Waals surface area contributed by atoms with Crippen molar-refractivity contribution in [2.75, 3.05) is 26.2 Å². The molecule has 3 aliphatic rings. The summed E-state index contributed by atoms with van der Waals surface area (Å²) < 4.78 is 0. The van der Waals surface area contributed by atoms with Crippen LogP contribution in [0.2, 0.25) is 0 Å². The molecule has 3 fully saturated rings. The van der Waals surface area contributed by atoms with Gasteiger partial charge in [-0.1, -0.05) is 0 Å². The number of nitrogens with zero attached hydrogens (tertiary/aromatic N) is 2. The zero-order chi connectivity index (χ0) is 12.5. The average Bonchev–Trinajstić information content (AvgIpc) is 3.12. The van der Waals surface area contributed by atoms with E-state index in [0.29, 0.717) is 18.4 Å². The predicted octanol–water partition coefficient (Wildman–Crippen LogP) is 0.799. The van der Waals surface area contributed by atoms with Crippen LogP contribution in [0.4, 0.5) is 0 Å². The molecule has 3 rings (SSSR count). The topological polar surface area (TPSA) is 49.9 Å². The summed E-state index contributed by atoms with van der Waals surface area (Å²) in [5, 5.41) is 1.52. The molecule has 0 spiro atoms. The SMILES string of the molecule is O=C(C1CC1)N1CCC(C(=O)N2CCCO2)CC1. The van der Waals surface area contributed by atoms with Gasteiger partial charge in [-0.3, -0.25) is 14.4 Å². The van der Waals surface area contributed by atoms with Crippen LogP contribution in [0.3, 0.4) is 0 Å². The van der Waals surface area contributed by atoms with Gasteiger partial charge in [-0.25, -0.2) is 5.06 Å². The second kappa shape index (κ2) is 4.88. The Balaban J connectivity index is 1.49. The first-order chi connectivity index (χ1) is 8.75. The van der Waals surface area contributed by atoms with Gasteiger partial charge < -0.3 is 4.90 Å². The maximum absolute atomic E-state index is 12.1. The number of hydrogen-bond donors (Lipinski definition) is 0. The van der Waals surface area contributed by atoms with Crippen molar-refractivity contribution in [1.29, 1.82) is 0 Å². The van der Waals surface area contributed by atoms with E-state index in [-0.39, 0.29) is 11.8 Å². The minimum Gasteiger partial charge on any atom is -0.342 e. The average molecular weight is 252 g/mol. The molecular formula is C13H20N2O3. The lowest BCUT2D eigenvalue weighted by Crippen LogP contribution is -2.44. The van der Waals surface area contributed by atoms with E-state index in [2.05, 4.69) is 0 Å². The highest BCUT2D eigenvalue weighted by atomic mass is 16.7. The van der Waals surface area contributed by atoms with E-state index in [1.165, 1.54) is 5.06 Å². The van der Waals surface area contributed by atoms with Gasteiger partial charge in [0.1, 0.15) is 0 Å². The molecule has 0 aromatic carbocycles. The maximum Gasteiger partial charge on any atom is 0.249 e. The number of likely N-dealkylation sites (tertiary alicyclic amines) is 1. The smallest absolute Gasteiger partial charge is 0.249 e. The summed E-state index contributed by atoms with van der Waals surface area (Å²) in [6.45, 7) is 2.85. The van der Waals surface area contributed by atoms with Crippen molar-refractivity contribution in [3.63, 3.8) is 0 Å². The number of carbonyl (C=O) groups excluding carboxylic acids is 2. The van der Waals surface area contributed by atoms with Crippen LogP contribution < -0.4 is 0 Å². The predicted molar refractivity (Wildman–Crippen MR) is 64.3 cm³/mol. The molecule has 2 amide bonds. The summed E-state index contributed by atoms with van der Waals surface area (Å²) in [5.41, 5.74) is 0. The fourth-order valence-corrected chi connectivity index (χ4v) is 2.76. The highest BCUT2D eigenvalue weighted by Crippen LogP contribution is 2.32. The van der Waals surface area contributed by atoms with Crippen molar-refractivity contribution in [2.45, 2.75) is 32.1 Å². The van der Waals surface area contributed by atoms with Gasteiger partial charge in [0.05, 0.1) is 13.2 Å². The minimum atomic E-state index is 0.0475.